The molecule has 0 bridgehead atoms. The first kappa shape index (κ1) is 74.3. The molecule has 450 valence electrons. The van der Waals surface area contributed by atoms with Crippen LogP contribution in [0.25, 0.3) is 0 Å². The van der Waals surface area contributed by atoms with Crippen LogP contribution >= 0.6 is 0 Å². The van der Waals surface area contributed by atoms with Crippen molar-refractivity contribution in [3.8, 4) is 0 Å². The Morgan fingerprint density at radius 3 is 1.03 bits per heavy atom. The van der Waals surface area contributed by atoms with E-state index in [1.165, 1.54) is 295 Å². The lowest BCUT2D eigenvalue weighted by Crippen LogP contribution is -2.45. The predicted molar refractivity (Wildman–Crippen MR) is 333 cm³/mol. The standard InChI is InChI=1S/C70H135NO5/c1-3-5-7-9-11-13-15-17-19-21-23-24-25-26-27-28-30-31-34-38-42-46-50-54-58-62-68(73)67(66-72)71-69(74)63-59-55-51-47-43-39-35-33-37-41-45-49-53-57-61-65-76-70(75)64-60-56-52-48-44-40-36-32-29-22-20-18-16-14-12-10-8-6-4-2/h12,14,18,20,67-68,72-73H,3-11,13,15-17,19,21-66H2,1-2H3,(H,71,74)/b14-12-,20-18-. The van der Waals surface area contributed by atoms with Crippen LogP contribution in [0.4, 0.5) is 0 Å². The van der Waals surface area contributed by atoms with Crippen LogP contribution in [0.3, 0.4) is 0 Å². The third-order valence-electron chi connectivity index (χ3n) is 16.3. The fraction of sp³-hybridized carbons (Fsp3) is 0.914. The number of aliphatic hydroxyl groups is 2. The summed E-state index contributed by atoms with van der Waals surface area (Å²) in [4.78, 5) is 24.7. The van der Waals surface area contributed by atoms with Crippen molar-refractivity contribution < 1.29 is 24.5 Å². The molecule has 6 heteroatoms. The summed E-state index contributed by atoms with van der Waals surface area (Å²) in [5, 5.41) is 23.4. The van der Waals surface area contributed by atoms with E-state index < -0.39 is 12.1 Å². The van der Waals surface area contributed by atoms with Crippen molar-refractivity contribution in [2.45, 2.75) is 398 Å². The average molecular weight is 1070 g/mol. The molecular formula is C70H135NO5. The summed E-state index contributed by atoms with van der Waals surface area (Å²) in [5.74, 6) is -0.0406. The van der Waals surface area contributed by atoms with Crippen molar-refractivity contribution in [1.82, 2.24) is 5.32 Å². The lowest BCUT2D eigenvalue weighted by molar-refractivity contribution is -0.143. The highest BCUT2D eigenvalue weighted by molar-refractivity contribution is 5.76. The third-order valence-corrected chi connectivity index (χ3v) is 16.3. The number of amides is 1. The number of allylic oxidation sites excluding steroid dienone is 4. The molecule has 0 aliphatic heterocycles. The molecule has 0 radical (unpaired) electrons. The Labute approximate surface area is 475 Å². The summed E-state index contributed by atoms with van der Waals surface area (Å²) in [6.07, 6.45) is 82.0. The zero-order valence-corrected chi connectivity index (χ0v) is 51.5. The summed E-state index contributed by atoms with van der Waals surface area (Å²) in [7, 11) is 0. The van der Waals surface area contributed by atoms with Gasteiger partial charge in [-0.15, -0.1) is 0 Å². The minimum Gasteiger partial charge on any atom is -0.466 e. The van der Waals surface area contributed by atoms with E-state index in [1.807, 2.05) is 0 Å². The SMILES string of the molecule is CCCCC/C=C\C/C=C\CCCCCCCCCCCC(=O)OCCCCCCCCCCCCCCCCCC(=O)NC(CO)C(O)CCCCCCCCCCCCCCCCCCCCCCCCCCC. The van der Waals surface area contributed by atoms with E-state index in [0.29, 0.717) is 25.9 Å². The van der Waals surface area contributed by atoms with Crippen molar-refractivity contribution in [3.63, 3.8) is 0 Å². The van der Waals surface area contributed by atoms with Crippen molar-refractivity contribution in [3.05, 3.63) is 24.3 Å². The van der Waals surface area contributed by atoms with Gasteiger partial charge in [-0.05, 0) is 57.8 Å². The molecule has 0 aromatic rings. The molecule has 0 aliphatic carbocycles. The molecule has 76 heavy (non-hydrogen) atoms. The fourth-order valence-electron chi connectivity index (χ4n) is 11.0. The van der Waals surface area contributed by atoms with Crippen LogP contribution in [0.1, 0.15) is 386 Å². The lowest BCUT2D eigenvalue weighted by Gasteiger charge is -2.22. The first-order valence-electron chi connectivity index (χ1n) is 34.6. The maximum absolute atomic E-state index is 12.6. The van der Waals surface area contributed by atoms with Gasteiger partial charge >= 0.3 is 5.97 Å². The Hall–Kier alpha value is -1.66. The molecule has 0 heterocycles. The molecule has 0 aromatic heterocycles. The van der Waals surface area contributed by atoms with Crippen molar-refractivity contribution in [2.24, 2.45) is 0 Å². The number of ether oxygens (including phenoxy) is 1. The van der Waals surface area contributed by atoms with Crippen LogP contribution in [-0.2, 0) is 14.3 Å². The summed E-state index contributed by atoms with van der Waals surface area (Å²) >= 11 is 0. The number of nitrogens with one attached hydrogen (secondary N) is 1. The molecule has 2 atom stereocenters. The van der Waals surface area contributed by atoms with Gasteiger partial charge in [-0.1, -0.05) is 340 Å². The smallest absolute Gasteiger partial charge is 0.305 e. The molecule has 0 saturated heterocycles. The Kier molecular flexibility index (Phi) is 64.4. The van der Waals surface area contributed by atoms with Crippen molar-refractivity contribution in [1.29, 1.82) is 0 Å². The molecule has 0 rings (SSSR count). The average Bonchev–Trinajstić information content (AvgIpc) is 3.42. The number of hydrogen-bond acceptors (Lipinski definition) is 5. The number of carbonyl (C=O) groups excluding carboxylic acids is 2. The minimum absolute atomic E-state index is 0.00167. The van der Waals surface area contributed by atoms with Gasteiger partial charge in [0.1, 0.15) is 0 Å². The van der Waals surface area contributed by atoms with E-state index in [4.69, 9.17) is 4.74 Å². The molecule has 6 nitrogen and oxygen atoms in total. The van der Waals surface area contributed by atoms with Gasteiger partial charge in [0, 0.05) is 12.8 Å². The van der Waals surface area contributed by atoms with E-state index in [-0.39, 0.29) is 18.5 Å². The summed E-state index contributed by atoms with van der Waals surface area (Å²) in [6, 6.07) is -0.550. The highest BCUT2D eigenvalue weighted by Gasteiger charge is 2.20. The van der Waals surface area contributed by atoms with Gasteiger partial charge in [0.2, 0.25) is 5.91 Å². The highest BCUT2D eigenvalue weighted by atomic mass is 16.5. The van der Waals surface area contributed by atoms with Gasteiger partial charge in [-0.3, -0.25) is 9.59 Å². The Balaban J connectivity index is 3.41. The number of aliphatic hydroxyl groups excluding tert-OH is 2. The Morgan fingerprint density at radius 1 is 0.368 bits per heavy atom. The van der Waals surface area contributed by atoms with E-state index in [2.05, 4.69) is 43.5 Å². The van der Waals surface area contributed by atoms with Crippen LogP contribution in [0.2, 0.25) is 0 Å². The number of unbranched alkanes of at least 4 members (excludes halogenated alkanes) is 50. The maximum Gasteiger partial charge on any atom is 0.305 e. The van der Waals surface area contributed by atoms with Gasteiger partial charge in [0.15, 0.2) is 0 Å². The van der Waals surface area contributed by atoms with Gasteiger partial charge in [-0.2, -0.15) is 0 Å². The molecule has 2 unspecified atom stereocenters. The molecule has 3 N–H and O–H groups in total. The summed E-state index contributed by atoms with van der Waals surface area (Å²) < 4.78 is 5.50. The molecule has 0 aliphatic rings. The second-order valence-electron chi connectivity index (χ2n) is 23.9. The van der Waals surface area contributed by atoms with Crippen LogP contribution in [0, 0.1) is 0 Å². The second-order valence-corrected chi connectivity index (χ2v) is 23.9. The van der Waals surface area contributed by atoms with Crippen LogP contribution in [0.15, 0.2) is 24.3 Å². The third kappa shape index (κ3) is 61.6. The first-order chi connectivity index (χ1) is 37.5. The molecular weight excluding hydrogens is 935 g/mol. The monoisotopic (exact) mass is 1070 g/mol. The van der Waals surface area contributed by atoms with Gasteiger partial charge < -0.3 is 20.3 Å². The summed E-state index contributed by atoms with van der Waals surface area (Å²) in [5.41, 5.74) is 0. The zero-order valence-electron chi connectivity index (χ0n) is 51.5. The summed E-state index contributed by atoms with van der Waals surface area (Å²) in [6.45, 7) is 4.95. The van der Waals surface area contributed by atoms with Crippen molar-refractivity contribution in [2.75, 3.05) is 13.2 Å². The second kappa shape index (κ2) is 65.9. The predicted octanol–water partition coefficient (Wildman–Crippen LogP) is 22.1. The first-order valence-corrected chi connectivity index (χ1v) is 34.6. The molecule has 1 amide bonds. The van der Waals surface area contributed by atoms with Gasteiger partial charge in [0.25, 0.3) is 0 Å². The van der Waals surface area contributed by atoms with E-state index in [0.717, 1.165) is 57.8 Å². The minimum atomic E-state index is -0.672. The van der Waals surface area contributed by atoms with Gasteiger partial charge in [-0.25, -0.2) is 0 Å². The Morgan fingerprint density at radius 2 is 0.658 bits per heavy atom. The normalized spacial score (nSPS) is 12.6. The van der Waals surface area contributed by atoms with E-state index in [9.17, 15) is 19.8 Å². The molecule has 0 fully saturated rings. The fourth-order valence-corrected chi connectivity index (χ4v) is 11.0. The highest BCUT2D eigenvalue weighted by Crippen LogP contribution is 2.19. The number of esters is 1. The van der Waals surface area contributed by atoms with Crippen LogP contribution in [-0.4, -0.2) is 47.4 Å². The quantitative estimate of drug-likeness (QED) is 0.0320. The molecule has 0 aromatic carbocycles. The number of hydrogen-bond donors (Lipinski definition) is 3. The largest absolute Gasteiger partial charge is 0.466 e. The van der Waals surface area contributed by atoms with E-state index in [1.54, 1.807) is 0 Å². The van der Waals surface area contributed by atoms with Crippen LogP contribution < -0.4 is 5.32 Å². The van der Waals surface area contributed by atoms with Crippen LogP contribution in [0.5, 0.6) is 0 Å². The zero-order chi connectivity index (χ0) is 55.0. The molecule has 0 spiro atoms. The molecule has 0 saturated carbocycles. The maximum atomic E-state index is 12.6. The lowest BCUT2D eigenvalue weighted by atomic mass is 10.0. The number of rotatable bonds is 65. The van der Waals surface area contributed by atoms with Crippen molar-refractivity contribution >= 4 is 11.9 Å². The Bertz CT molecular complexity index is 1190. The van der Waals surface area contributed by atoms with Gasteiger partial charge in [0.05, 0.1) is 25.4 Å². The van der Waals surface area contributed by atoms with E-state index >= 15 is 0 Å². The number of carbonyl (C=O) groups is 2. The topological polar surface area (TPSA) is 95.9 Å².